The molecule has 2 amide bonds. The summed E-state index contributed by atoms with van der Waals surface area (Å²) in [5.74, 6) is -1.54. The molecule has 7 heteroatoms. The van der Waals surface area contributed by atoms with Gasteiger partial charge in [0.15, 0.2) is 6.61 Å². The van der Waals surface area contributed by atoms with Crippen molar-refractivity contribution in [3.63, 3.8) is 0 Å². The number of aryl methyl sites for hydroxylation is 1. The molecule has 134 valence electrons. The number of para-hydroxylation sites is 1. The van der Waals surface area contributed by atoms with Gasteiger partial charge in [-0.25, -0.2) is 4.79 Å². The maximum absolute atomic E-state index is 12.7. The first-order valence-corrected chi connectivity index (χ1v) is 8.07. The van der Waals surface area contributed by atoms with Crippen LogP contribution in [0.15, 0.2) is 42.5 Å². The fraction of sp³-hybridized carbons (Fsp3) is 0.211. The molecule has 0 bridgehead atoms. The Labute approximate surface area is 150 Å². The molecule has 2 aromatic carbocycles. The molecule has 7 nitrogen and oxygen atoms in total. The van der Waals surface area contributed by atoms with Gasteiger partial charge in [-0.05, 0) is 43.7 Å². The Hall–Kier alpha value is -3.35. The van der Waals surface area contributed by atoms with Crippen LogP contribution >= 0.6 is 0 Å². The van der Waals surface area contributed by atoms with Gasteiger partial charge in [-0.2, -0.15) is 0 Å². The highest BCUT2D eigenvalue weighted by molar-refractivity contribution is 6.07. The first-order valence-electron chi connectivity index (χ1n) is 8.07. The van der Waals surface area contributed by atoms with Crippen LogP contribution in [0.1, 0.15) is 22.8 Å². The molecule has 1 heterocycles. The van der Waals surface area contributed by atoms with E-state index < -0.39 is 17.9 Å². The van der Waals surface area contributed by atoms with E-state index in [2.05, 4.69) is 5.32 Å². The highest BCUT2D eigenvalue weighted by Crippen LogP contribution is 2.34. The first-order chi connectivity index (χ1) is 12.4. The minimum atomic E-state index is -1.12. The van der Waals surface area contributed by atoms with Gasteiger partial charge in [0.25, 0.3) is 5.91 Å². The fourth-order valence-corrected chi connectivity index (χ4v) is 2.80. The van der Waals surface area contributed by atoms with Crippen molar-refractivity contribution >= 4 is 29.2 Å². The van der Waals surface area contributed by atoms with Gasteiger partial charge in [0.05, 0.1) is 11.3 Å². The minimum absolute atomic E-state index is 0.0126. The molecule has 0 aromatic heterocycles. The first kappa shape index (κ1) is 17.5. The molecule has 3 rings (SSSR count). The quantitative estimate of drug-likeness (QED) is 0.879. The molecule has 26 heavy (non-hydrogen) atoms. The normalized spacial score (nSPS) is 14.2. The number of aromatic carboxylic acids is 1. The molecule has 1 aliphatic heterocycles. The third-order valence-corrected chi connectivity index (χ3v) is 4.25. The largest absolute Gasteiger partial charge is 0.482 e. The van der Waals surface area contributed by atoms with E-state index >= 15 is 0 Å². The smallest absolute Gasteiger partial charge is 0.335 e. The predicted molar refractivity (Wildman–Crippen MR) is 95.7 cm³/mol. The van der Waals surface area contributed by atoms with Crippen molar-refractivity contribution < 1.29 is 24.2 Å². The summed E-state index contributed by atoms with van der Waals surface area (Å²) in [4.78, 5) is 37.6. The Balaban J connectivity index is 1.91. The van der Waals surface area contributed by atoms with Crippen molar-refractivity contribution in [2.75, 3.05) is 16.8 Å². The number of ether oxygens (including phenoxy) is 1. The van der Waals surface area contributed by atoms with E-state index in [1.54, 1.807) is 13.0 Å². The number of fused-ring (bicyclic) bond motifs is 1. The van der Waals surface area contributed by atoms with Crippen LogP contribution in [0.3, 0.4) is 0 Å². The van der Waals surface area contributed by atoms with E-state index in [1.807, 2.05) is 25.1 Å². The van der Waals surface area contributed by atoms with Crippen molar-refractivity contribution in [1.29, 1.82) is 0 Å². The van der Waals surface area contributed by atoms with Crippen LogP contribution in [0, 0.1) is 6.92 Å². The summed E-state index contributed by atoms with van der Waals surface area (Å²) in [6.07, 6.45) is 0. The number of hydrogen-bond donors (Lipinski definition) is 2. The fourth-order valence-electron chi connectivity index (χ4n) is 2.80. The monoisotopic (exact) mass is 354 g/mol. The lowest BCUT2D eigenvalue weighted by molar-refractivity contribution is -0.125. The number of carbonyl (C=O) groups excluding carboxylic acids is 2. The molecular weight excluding hydrogens is 336 g/mol. The number of nitrogens with zero attached hydrogens (tertiary/aromatic N) is 1. The van der Waals surface area contributed by atoms with E-state index in [9.17, 15) is 19.5 Å². The van der Waals surface area contributed by atoms with E-state index in [-0.39, 0.29) is 23.8 Å². The van der Waals surface area contributed by atoms with Gasteiger partial charge in [-0.1, -0.05) is 18.2 Å². The molecule has 0 spiro atoms. The summed E-state index contributed by atoms with van der Waals surface area (Å²) in [5.41, 5.74) is 1.84. The summed E-state index contributed by atoms with van der Waals surface area (Å²) in [6, 6.07) is 10.7. The maximum atomic E-state index is 12.7. The highest BCUT2D eigenvalue weighted by atomic mass is 16.5. The average Bonchev–Trinajstić information content (AvgIpc) is 2.62. The molecular formula is C19H18N2O5. The lowest BCUT2D eigenvalue weighted by atomic mass is 10.1. The van der Waals surface area contributed by atoms with Gasteiger partial charge in [0.1, 0.15) is 11.8 Å². The van der Waals surface area contributed by atoms with Crippen LogP contribution in [-0.4, -0.2) is 35.5 Å². The van der Waals surface area contributed by atoms with Crippen molar-refractivity contribution in [3.8, 4) is 5.75 Å². The summed E-state index contributed by atoms with van der Waals surface area (Å²) in [7, 11) is 0. The van der Waals surface area contributed by atoms with E-state index in [0.717, 1.165) is 5.56 Å². The number of hydrogen-bond acceptors (Lipinski definition) is 4. The Kier molecular flexibility index (Phi) is 4.62. The van der Waals surface area contributed by atoms with Crippen molar-refractivity contribution in [3.05, 3.63) is 53.6 Å². The summed E-state index contributed by atoms with van der Waals surface area (Å²) >= 11 is 0. The van der Waals surface area contributed by atoms with Gasteiger partial charge < -0.3 is 15.2 Å². The number of amides is 2. The third kappa shape index (κ3) is 3.23. The van der Waals surface area contributed by atoms with E-state index in [1.165, 1.54) is 23.1 Å². The SMILES string of the molecule is Cc1ccccc1NC(=O)C(C)N1C(=O)COc2ccc(C(=O)O)cc21. The molecule has 0 fully saturated rings. The predicted octanol–water partition coefficient (Wildman–Crippen LogP) is 2.45. The van der Waals surface area contributed by atoms with Gasteiger partial charge in [0, 0.05) is 5.69 Å². The van der Waals surface area contributed by atoms with Gasteiger partial charge in [-0.15, -0.1) is 0 Å². The average molecular weight is 354 g/mol. The summed E-state index contributed by atoms with van der Waals surface area (Å²) in [6.45, 7) is 3.25. The second kappa shape index (κ2) is 6.87. The standard InChI is InChI=1S/C19H18N2O5/c1-11-5-3-4-6-14(11)20-18(23)12(2)21-15-9-13(19(24)25)7-8-16(15)26-10-17(21)22/h3-9,12H,10H2,1-2H3,(H,20,23)(H,24,25). The zero-order valence-electron chi connectivity index (χ0n) is 14.4. The lowest BCUT2D eigenvalue weighted by Crippen LogP contribution is -2.49. The number of benzene rings is 2. The van der Waals surface area contributed by atoms with Crippen LogP contribution in [0.4, 0.5) is 11.4 Å². The van der Waals surface area contributed by atoms with Crippen LogP contribution < -0.4 is 15.0 Å². The topological polar surface area (TPSA) is 95.9 Å². The Morgan fingerprint density at radius 2 is 1.96 bits per heavy atom. The molecule has 1 unspecified atom stereocenters. The third-order valence-electron chi connectivity index (χ3n) is 4.25. The Bertz CT molecular complexity index is 893. The number of anilines is 2. The lowest BCUT2D eigenvalue weighted by Gasteiger charge is -2.33. The number of carbonyl (C=O) groups is 3. The van der Waals surface area contributed by atoms with Gasteiger partial charge in [-0.3, -0.25) is 14.5 Å². The van der Waals surface area contributed by atoms with Crippen LogP contribution in [0.5, 0.6) is 5.75 Å². The number of rotatable bonds is 4. The minimum Gasteiger partial charge on any atom is -0.482 e. The van der Waals surface area contributed by atoms with E-state index in [4.69, 9.17) is 4.74 Å². The molecule has 2 N–H and O–H groups in total. The number of nitrogens with one attached hydrogen (secondary N) is 1. The molecule has 1 atom stereocenters. The molecule has 0 radical (unpaired) electrons. The van der Waals surface area contributed by atoms with Gasteiger partial charge in [0.2, 0.25) is 5.91 Å². The van der Waals surface area contributed by atoms with Crippen molar-refractivity contribution in [2.45, 2.75) is 19.9 Å². The van der Waals surface area contributed by atoms with Crippen LogP contribution in [0.25, 0.3) is 0 Å². The number of carboxylic acid groups (broad SMARTS) is 1. The molecule has 0 saturated heterocycles. The maximum Gasteiger partial charge on any atom is 0.335 e. The summed E-state index contributed by atoms with van der Waals surface area (Å²) in [5, 5.41) is 12.0. The summed E-state index contributed by atoms with van der Waals surface area (Å²) < 4.78 is 5.35. The molecule has 1 aliphatic rings. The second-order valence-electron chi connectivity index (χ2n) is 6.02. The second-order valence-corrected chi connectivity index (χ2v) is 6.02. The zero-order chi connectivity index (χ0) is 18.8. The Morgan fingerprint density at radius 1 is 1.23 bits per heavy atom. The Morgan fingerprint density at radius 3 is 2.65 bits per heavy atom. The van der Waals surface area contributed by atoms with Crippen LogP contribution in [0.2, 0.25) is 0 Å². The number of carboxylic acids is 1. The molecule has 0 aliphatic carbocycles. The van der Waals surface area contributed by atoms with Crippen LogP contribution in [-0.2, 0) is 9.59 Å². The highest BCUT2D eigenvalue weighted by Gasteiger charge is 2.33. The van der Waals surface area contributed by atoms with E-state index in [0.29, 0.717) is 11.4 Å². The molecule has 2 aromatic rings. The van der Waals surface area contributed by atoms with Gasteiger partial charge >= 0.3 is 5.97 Å². The zero-order valence-corrected chi connectivity index (χ0v) is 14.4. The molecule has 0 saturated carbocycles. The van der Waals surface area contributed by atoms with Crippen molar-refractivity contribution in [2.24, 2.45) is 0 Å². The van der Waals surface area contributed by atoms with Crippen molar-refractivity contribution in [1.82, 2.24) is 0 Å².